The van der Waals surface area contributed by atoms with Gasteiger partial charge in [0.2, 0.25) is 5.91 Å². The maximum atomic E-state index is 13.7. The minimum atomic E-state index is -3.05. The first-order valence-corrected chi connectivity index (χ1v) is 10.0. The lowest BCUT2D eigenvalue weighted by atomic mass is 9.93. The lowest BCUT2D eigenvalue weighted by Gasteiger charge is -2.39. The van der Waals surface area contributed by atoms with Crippen molar-refractivity contribution in [1.82, 2.24) is 20.2 Å². The number of piperidine rings is 1. The predicted molar refractivity (Wildman–Crippen MR) is 103 cm³/mol. The first-order chi connectivity index (χ1) is 14.3. The van der Waals surface area contributed by atoms with Crippen LogP contribution in [0.5, 0.6) is 5.75 Å². The van der Waals surface area contributed by atoms with Crippen LogP contribution in [0.15, 0.2) is 12.1 Å². The van der Waals surface area contributed by atoms with Crippen molar-refractivity contribution in [2.75, 3.05) is 32.8 Å². The molecule has 2 aliphatic heterocycles. The average molecular weight is 426 g/mol. The number of fused-ring (bicyclic) bond motifs is 1. The van der Waals surface area contributed by atoms with Crippen molar-refractivity contribution < 1.29 is 27.4 Å². The minimum absolute atomic E-state index is 0.00474. The highest BCUT2D eigenvalue weighted by molar-refractivity contribution is 5.82. The molecule has 0 atom stereocenters. The third kappa shape index (κ3) is 4.86. The summed E-state index contributed by atoms with van der Waals surface area (Å²) in [5, 5.41) is 3.01. The summed E-state index contributed by atoms with van der Waals surface area (Å²) in [6.45, 7) is 1.97. The van der Waals surface area contributed by atoms with Gasteiger partial charge in [0.05, 0.1) is 30.8 Å². The molecule has 2 aromatic rings. The molecule has 0 aliphatic carbocycles. The van der Waals surface area contributed by atoms with Crippen LogP contribution in [0.2, 0.25) is 0 Å². The molecule has 7 nitrogen and oxygen atoms in total. The largest absolute Gasteiger partial charge is 0.432 e. The van der Waals surface area contributed by atoms with Crippen LogP contribution in [0, 0.1) is 11.7 Å². The number of ether oxygens (including phenoxy) is 2. The Morgan fingerprint density at radius 3 is 2.77 bits per heavy atom. The molecule has 0 bridgehead atoms. The van der Waals surface area contributed by atoms with Crippen molar-refractivity contribution in [1.29, 1.82) is 0 Å². The highest BCUT2D eigenvalue weighted by Gasteiger charge is 2.35. The third-order valence-corrected chi connectivity index (χ3v) is 5.62. The molecule has 1 amide bonds. The summed E-state index contributed by atoms with van der Waals surface area (Å²) in [4.78, 5) is 21.7. The Morgan fingerprint density at radius 2 is 2.13 bits per heavy atom. The van der Waals surface area contributed by atoms with E-state index in [0.717, 1.165) is 32.0 Å². The molecule has 0 saturated carbocycles. The molecule has 0 unspecified atom stereocenters. The van der Waals surface area contributed by atoms with Crippen LogP contribution in [0.4, 0.5) is 13.2 Å². The summed E-state index contributed by atoms with van der Waals surface area (Å²) in [5.74, 6) is 0.0248. The molecule has 2 aliphatic rings. The SMILES string of the molecule is CC1(NC(=O)CN2CCC(Cc3nc4c(OC(F)F)cc(F)cc4[nH]3)CC2)COC1. The van der Waals surface area contributed by atoms with Crippen molar-refractivity contribution in [3.05, 3.63) is 23.8 Å². The van der Waals surface area contributed by atoms with E-state index in [2.05, 4.69) is 24.9 Å². The number of aromatic amines is 1. The van der Waals surface area contributed by atoms with E-state index in [1.807, 2.05) is 6.92 Å². The van der Waals surface area contributed by atoms with Gasteiger partial charge >= 0.3 is 6.61 Å². The van der Waals surface area contributed by atoms with E-state index in [-0.39, 0.29) is 22.7 Å². The summed E-state index contributed by atoms with van der Waals surface area (Å²) >= 11 is 0. The van der Waals surface area contributed by atoms with E-state index in [1.165, 1.54) is 6.07 Å². The number of rotatable bonds is 7. The van der Waals surface area contributed by atoms with E-state index < -0.39 is 12.4 Å². The lowest BCUT2D eigenvalue weighted by molar-refractivity contribution is -0.132. The standard InChI is InChI=1S/C20H25F3N4O3/c1-20(10-29-11-20)26-17(28)9-27-4-2-12(3-5-27)6-16-24-14-7-13(21)8-15(18(14)25-16)30-19(22)23/h7-8,12,19H,2-6,9-11H2,1H3,(H,24,25)(H,26,28). The lowest BCUT2D eigenvalue weighted by Crippen LogP contribution is -2.61. The van der Waals surface area contributed by atoms with E-state index in [4.69, 9.17) is 4.74 Å². The summed E-state index contributed by atoms with van der Waals surface area (Å²) < 4.78 is 48.4. The Labute approximate surface area is 171 Å². The van der Waals surface area contributed by atoms with Crippen LogP contribution < -0.4 is 10.1 Å². The number of likely N-dealkylation sites (tertiary alicyclic amines) is 1. The molecule has 30 heavy (non-hydrogen) atoms. The van der Waals surface area contributed by atoms with Gasteiger partial charge in [-0.25, -0.2) is 9.37 Å². The van der Waals surface area contributed by atoms with E-state index in [9.17, 15) is 18.0 Å². The van der Waals surface area contributed by atoms with Crippen LogP contribution in [-0.4, -0.2) is 65.8 Å². The van der Waals surface area contributed by atoms with Gasteiger partial charge < -0.3 is 19.8 Å². The number of imidazole rings is 1. The molecular weight excluding hydrogens is 401 g/mol. The number of benzene rings is 1. The molecule has 3 heterocycles. The van der Waals surface area contributed by atoms with Crippen molar-refractivity contribution in [3.63, 3.8) is 0 Å². The van der Waals surface area contributed by atoms with Crippen LogP contribution >= 0.6 is 0 Å². The molecule has 2 saturated heterocycles. The van der Waals surface area contributed by atoms with Crippen LogP contribution in [0.25, 0.3) is 11.0 Å². The summed E-state index contributed by atoms with van der Waals surface area (Å²) in [6, 6.07) is 2.14. The second-order valence-electron chi connectivity index (χ2n) is 8.39. The van der Waals surface area contributed by atoms with Gasteiger partial charge in [-0.05, 0) is 44.8 Å². The van der Waals surface area contributed by atoms with Gasteiger partial charge in [-0.3, -0.25) is 9.69 Å². The number of H-pyrrole nitrogens is 1. The van der Waals surface area contributed by atoms with Gasteiger partial charge in [-0.2, -0.15) is 8.78 Å². The van der Waals surface area contributed by atoms with E-state index in [1.54, 1.807) is 0 Å². The molecule has 1 aromatic heterocycles. The predicted octanol–water partition coefficient (Wildman–Crippen LogP) is 2.46. The number of amides is 1. The van der Waals surface area contributed by atoms with Gasteiger partial charge in [-0.1, -0.05) is 0 Å². The summed E-state index contributed by atoms with van der Waals surface area (Å²) in [5.41, 5.74) is 0.292. The summed E-state index contributed by atoms with van der Waals surface area (Å²) in [7, 11) is 0. The zero-order valence-corrected chi connectivity index (χ0v) is 16.7. The maximum absolute atomic E-state index is 13.7. The molecule has 2 fully saturated rings. The molecule has 1 aromatic carbocycles. The van der Waals surface area contributed by atoms with Gasteiger partial charge in [-0.15, -0.1) is 0 Å². The van der Waals surface area contributed by atoms with E-state index >= 15 is 0 Å². The zero-order chi connectivity index (χ0) is 21.3. The quantitative estimate of drug-likeness (QED) is 0.711. The number of nitrogens with zero attached hydrogens (tertiary/aromatic N) is 2. The highest BCUT2D eigenvalue weighted by atomic mass is 19.3. The average Bonchev–Trinajstić information content (AvgIpc) is 3.04. The molecule has 0 spiro atoms. The van der Waals surface area contributed by atoms with Crippen LogP contribution in [0.1, 0.15) is 25.6 Å². The number of carbonyl (C=O) groups is 1. The molecule has 0 radical (unpaired) electrons. The molecule has 4 rings (SSSR count). The monoisotopic (exact) mass is 426 g/mol. The first-order valence-electron chi connectivity index (χ1n) is 10.0. The fraction of sp³-hybridized carbons (Fsp3) is 0.600. The Hall–Kier alpha value is -2.33. The topological polar surface area (TPSA) is 79.5 Å². The fourth-order valence-electron chi connectivity index (χ4n) is 4.07. The normalized spacial score (nSPS) is 19.8. The van der Waals surface area contributed by atoms with E-state index in [0.29, 0.717) is 43.4 Å². The maximum Gasteiger partial charge on any atom is 0.387 e. The van der Waals surface area contributed by atoms with Crippen molar-refractivity contribution in [2.45, 2.75) is 38.3 Å². The zero-order valence-electron chi connectivity index (χ0n) is 16.7. The Morgan fingerprint density at radius 1 is 1.40 bits per heavy atom. The second kappa shape index (κ2) is 8.43. The number of aromatic nitrogens is 2. The number of carbonyl (C=O) groups excluding carboxylic acids is 1. The van der Waals surface area contributed by atoms with Crippen molar-refractivity contribution in [3.8, 4) is 5.75 Å². The van der Waals surface area contributed by atoms with Gasteiger partial charge in [0.15, 0.2) is 5.75 Å². The second-order valence-corrected chi connectivity index (χ2v) is 8.39. The number of hydrogen-bond donors (Lipinski definition) is 2. The molecular formula is C20H25F3N4O3. The third-order valence-electron chi connectivity index (χ3n) is 5.62. The first kappa shape index (κ1) is 20.9. The van der Waals surface area contributed by atoms with Crippen LogP contribution in [-0.2, 0) is 16.0 Å². The minimum Gasteiger partial charge on any atom is -0.432 e. The molecule has 2 N–H and O–H groups in total. The van der Waals surface area contributed by atoms with Gasteiger partial charge in [0.25, 0.3) is 0 Å². The number of alkyl halides is 2. The molecule has 10 heteroatoms. The smallest absolute Gasteiger partial charge is 0.387 e. The van der Waals surface area contributed by atoms with Crippen molar-refractivity contribution >= 4 is 16.9 Å². The Balaban J connectivity index is 1.31. The highest BCUT2D eigenvalue weighted by Crippen LogP contribution is 2.29. The Kier molecular flexibility index (Phi) is 5.88. The fourth-order valence-corrected chi connectivity index (χ4v) is 4.07. The molecule has 164 valence electrons. The Bertz CT molecular complexity index is 908. The number of nitrogens with one attached hydrogen (secondary N) is 2. The van der Waals surface area contributed by atoms with Gasteiger partial charge in [0.1, 0.15) is 17.2 Å². The number of halogens is 3. The van der Waals surface area contributed by atoms with Crippen LogP contribution in [0.3, 0.4) is 0 Å². The summed E-state index contributed by atoms with van der Waals surface area (Å²) in [6.07, 6.45) is 2.40. The van der Waals surface area contributed by atoms with Gasteiger partial charge in [0, 0.05) is 12.5 Å². The van der Waals surface area contributed by atoms with Crippen molar-refractivity contribution in [2.24, 2.45) is 5.92 Å². The number of hydrogen-bond acceptors (Lipinski definition) is 5.